The summed E-state index contributed by atoms with van der Waals surface area (Å²) in [5.41, 5.74) is 0.790. The van der Waals surface area contributed by atoms with E-state index in [0.29, 0.717) is 19.8 Å². The lowest BCUT2D eigenvalue weighted by atomic mass is 9.77. The quantitative estimate of drug-likeness (QED) is 0.809. The Bertz CT molecular complexity index is 480. The van der Waals surface area contributed by atoms with E-state index < -0.39 is 5.97 Å². The summed E-state index contributed by atoms with van der Waals surface area (Å²) in [6.07, 6.45) is 2.08. The molecule has 3 heterocycles. The summed E-state index contributed by atoms with van der Waals surface area (Å²) < 4.78 is 24.6. The number of methoxy groups -OCH3 is 1. The standard InChI is InChI=1S/C16H21BrO4/c1-3-8-15-10-19-16(20-11-15,21-14(15)9-18-2)12-4-6-13(17)7-5-12/h4-7,14H,3,8-11H2,1-2H3. The molecule has 0 spiro atoms. The molecule has 0 N–H and O–H groups in total. The molecular weight excluding hydrogens is 336 g/mol. The molecule has 1 atom stereocenters. The maximum absolute atomic E-state index is 6.21. The molecule has 0 aliphatic carbocycles. The Morgan fingerprint density at radius 3 is 2.48 bits per heavy atom. The van der Waals surface area contributed by atoms with E-state index >= 15 is 0 Å². The number of benzene rings is 1. The van der Waals surface area contributed by atoms with E-state index in [2.05, 4.69) is 22.9 Å². The maximum atomic E-state index is 6.21. The van der Waals surface area contributed by atoms with E-state index in [4.69, 9.17) is 18.9 Å². The van der Waals surface area contributed by atoms with Gasteiger partial charge in [-0.25, -0.2) is 0 Å². The summed E-state index contributed by atoms with van der Waals surface area (Å²) in [7, 11) is 1.71. The Balaban J connectivity index is 1.88. The number of hydrogen-bond acceptors (Lipinski definition) is 4. The molecule has 1 aromatic carbocycles. The summed E-state index contributed by atoms with van der Waals surface area (Å²) in [6, 6.07) is 7.86. The van der Waals surface area contributed by atoms with Crippen LogP contribution in [0, 0.1) is 5.41 Å². The Hall–Kier alpha value is -0.460. The van der Waals surface area contributed by atoms with Crippen LogP contribution >= 0.6 is 15.9 Å². The van der Waals surface area contributed by atoms with Crippen LogP contribution in [0.4, 0.5) is 0 Å². The second-order valence-corrected chi connectivity index (χ2v) is 6.73. The minimum absolute atomic E-state index is 0.00593. The predicted molar refractivity (Wildman–Crippen MR) is 81.8 cm³/mol. The smallest absolute Gasteiger partial charge is 0.312 e. The zero-order valence-electron chi connectivity index (χ0n) is 12.4. The van der Waals surface area contributed by atoms with Crippen molar-refractivity contribution in [2.24, 2.45) is 5.41 Å². The fraction of sp³-hybridized carbons (Fsp3) is 0.625. The third-order valence-electron chi connectivity index (χ3n) is 4.34. The van der Waals surface area contributed by atoms with Gasteiger partial charge in [-0.15, -0.1) is 0 Å². The first-order valence-electron chi connectivity index (χ1n) is 7.35. The normalized spacial score (nSPS) is 35.1. The van der Waals surface area contributed by atoms with Crippen LogP contribution in [0.5, 0.6) is 0 Å². The third-order valence-corrected chi connectivity index (χ3v) is 4.87. The van der Waals surface area contributed by atoms with E-state index in [1.807, 2.05) is 24.3 Å². The Labute approximate surface area is 133 Å². The first-order chi connectivity index (χ1) is 10.1. The number of rotatable bonds is 5. The fourth-order valence-electron chi connectivity index (χ4n) is 3.18. The molecule has 3 aliphatic rings. The average molecular weight is 357 g/mol. The lowest BCUT2D eigenvalue weighted by Gasteiger charge is -2.56. The van der Waals surface area contributed by atoms with Gasteiger partial charge in [0, 0.05) is 22.6 Å². The van der Waals surface area contributed by atoms with Crippen LogP contribution < -0.4 is 0 Å². The summed E-state index contributed by atoms with van der Waals surface area (Å²) in [5, 5.41) is 0. The highest BCUT2D eigenvalue weighted by molar-refractivity contribution is 9.10. The van der Waals surface area contributed by atoms with E-state index in [-0.39, 0.29) is 11.5 Å². The van der Waals surface area contributed by atoms with Gasteiger partial charge < -0.3 is 18.9 Å². The van der Waals surface area contributed by atoms with E-state index in [1.54, 1.807) is 7.11 Å². The van der Waals surface area contributed by atoms with Gasteiger partial charge in [0.05, 0.1) is 25.9 Å². The highest BCUT2D eigenvalue weighted by atomic mass is 79.9. The first-order valence-corrected chi connectivity index (χ1v) is 8.14. The van der Waals surface area contributed by atoms with Crippen molar-refractivity contribution >= 4 is 15.9 Å². The van der Waals surface area contributed by atoms with Crippen LogP contribution in [0.1, 0.15) is 25.3 Å². The van der Waals surface area contributed by atoms with Gasteiger partial charge in [-0.3, -0.25) is 0 Å². The molecule has 3 saturated heterocycles. The number of halogens is 1. The molecule has 0 amide bonds. The first kappa shape index (κ1) is 15.4. The van der Waals surface area contributed by atoms with Crippen LogP contribution in [-0.4, -0.2) is 33.0 Å². The highest BCUT2D eigenvalue weighted by Gasteiger charge is 2.58. The SMILES string of the molecule is CCCC12COC(c3ccc(Br)cc3)(OC1)OC2COC. The number of ether oxygens (including phenoxy) is 4. The average Bonchev–Trinajstić information content (AvgIpc) is 2.50. The molecule has 116 valence electrons. The van der Waals surface area contributed by atoms with E-state index in [1.165, 1.54) is 0 Å². The molecule has 3 aliphatic heterocycles. The van der Waals surface area contributed by atoms with Crippen LogP contribution in [0.2, 0.25) is 0 Å². The summed E-state index contributed by atoms with van der Waals surface area (Å²) in [5.74, 6) is -1.08. The van der Waals surface area contributed by atoms with Crippen molar-refractivity contribution in [2.75, 3.05) is 26.9 Å². The Morgan fingerprint density at radius 2 is 1.90 bits per heavy atom. The van der Waals surface area contributed by atoms with Gasteiger partial charge in [0.15, 0.2) is 0 Å². The van der Waals surface area contributed by atoms with Crippen molar-refractivity contribution in [3.63, 3.8) is 0 Å². The third kappa shape index (κ3) is 2.66. The zero-order chi connectivity index (χ0) is 14.9. The Kier molecular flexibility index (Phi) is 4.39. The van der Waals surface area contributed by atoms with Gasteiger partial charge in [0.2, 0.25) is 0 Å². The highest BCUT2D eigenvalue weighted by Crippen LogP contribution is 2.50. The van der Waals surface area contributed by atoms with Gasteiger partial charge in [0.1, 0.15) is 0 Å². The molecule has 4 rings (SSSR count). The van der Waals surface area contributed by atoms with Gasteiger partial charge >= 0.3 is 5.97 Å². The van der Waals surface area contributed by atoms with Crippen LogP contribution in [0.3, 0.4) is 0 Å². The van der Waals surface area contributed by atoms with Crippen molar-refractivity contribution in [1.29, 1.82) is 0 Å². The molecule has 2 bridgehead atoms. The summed E-state index contributed by atoms with van der Waals surface area (Å²) >= 11 is 3.44. The second-order valence-electron chi connectivity index (χ2n) is 5.81. The predicted octanol–water partition coefficient (Wildman–Crippen LogP) is 3.44. The largest absolute Gasteiger partial charge is 0.382 e. The molecular formula is C16H21BrO4. The molecule has 5 heteroatoms. The molecule has 1 unspecified atom stereocenters. The molecule has 21 heavy (non-hydrogen) atoms. The van der Waals surface area contributed by atoms with Crippen molar-refractivity contribution in [1.82, 2.24) is 0 Å². The molecule has 1 aromatic rings. The van der Waals surface area contributed by atoms with Crippen molar-refractivity contribution in [2.45, 2.75) is 31.8 Å². The summed E-state index contributed by atoms with van der Waals surface area (Å²) in [6.45, 7) is 4.02. The molecule has 0 saturated carbocycles. The molecule has 3 fully saturated rings. The van der Waals surface area contributed by atoms with Crippen LogP contribution in [0.15, 0.2) is 28.7 Å². The zero-order valence-corrected chi connectivity index (χ0v) is 14.0. The lowest BCUT2D eigenvalue weighted by molar-refractivity contribution is -0.502. The molecule has 0 radical (unpaired) electrons. The molecule has 4 nitrogen and oxygen atoms in total. The molecule has 0 aromatic heterocycles. The van der Waals surface area contributed by atoms with Crippen LogP contribution in [0.25, 0.3) is 0 Å². The fourth-order valence-corrected chi connectivity index (χ4v) is 3.45. The van der Waals surface area contributed by atoms with Crippen molar-refractivity contribution in [3.05, 3.63) is 34.3 Å². The van der Waals surface area contributed by atoms with Crippen molar-refractivity contribution in [3.8, 4) is 0 Å². The second kappa shape index (κ2) is 5.97. The number of fused-ring (bicyclic) bond motifs is 3. The monoisotopic (exact) mass is 356 g/mol. The van der Waals surface area contributed by atoms with Crippen molar-refractivity contribution < 1.29 is 18.9 Å². The minimum atomic E-state index is -1.08. The topological polar surface area (TPSA) is 36.9 Å². The summed E-state index contributed by atoms with van der Waals surface area (Å²) in [4.78, 5) is 0. The lowest BCUT2D eigenvalue weighted by Crippen LogP contribution is -2.64. The van der Waals surface area contributed by atoms with Gasteiger partial charge in [-0.1, -0.05) is 29.3 Å². The Morgan fingerprint density at radius 1 is 1.24 bits per heavy atom. The maximum Gasteiger partial charge on any atom is 0.312 e. The minimum Gasteiger partial charge on any atom is -0.382 e. The number of hydrogen-bond donors (Lipinski definition) is 0. The van der Waals surface area contributed by atoms with Gasteiger partial charge in [-0.05, 0) is 30.7 Å². The van der Waals surface area contributed by atoms with E-state index in [9.17, 15) is 0 Å². The van der Waals surface area contributed by atoms with Gasteiger partial charge in [0.25, 0.3) is 0 Å². The van der Waals surface area contributed by atoms with E-state index in [0.717, 1.165) is 22.9 Å². The van der Waals surface area contributed by atoms with Crippen LogP contribution in [-0.2, 0) is 24.9 Å². The van der Waals surface area contributed by atoms with Gasteiger partial charge in [-0.2, -0.15) is 0 Å².